The van der Waals surface area contributed by atoms with Crippen LogP contribution in [0.15, 0.2) is 36.9 Å². The summed E-state index contributed by atoms with van der Waals surface area (Å²) >= 11 is 0. The van der Waals surface area contributed by atoms with E-state index in [0.29, 0.717) is 6.54 Å². The maximum Gasteiger partial charge on any atom is 0.416 e. The minimum Gasteiger partial charge on any atom is -0.351 e. The van der Waals surface area contributed by atoms with Gasteiger partial charge in [0.15, 0.2) is 0 Å². The Bertz CT molecular complexity index is 680. The molecule has 0 bridgehead atoms. The Morgan fingerprint density at radius 2 is 2.18 bits per heavy atom. The molecule has 9 heteroatoms. The van der Waals surface area contributed by atoms with Gasteiger partial charge in [0.1, 0.15) is 6.54 Å². The fourth-order valence-corrected chi connectivity index (χ4v) is 1.63. The molecular formula is C13H12F3N5O. The van der Waals surface area contributed by atoms with Gasteiger partial charge in [-0.25, -0.2) is 0 Å². The second kappa shape index (κ2) is 6.37. The number of nitrogens with one attached hydrogen (secondary N) is 1. The predicted molar refractivity (Wildman–Crippen MR) is 71.5 cm³/mol. The first-order chi connectivity index (χ1) is 10.4. The summed E-state index contributed by atoms with van der Waals surface area (Å²) in [6.07, 6.45) is -2.93. The van der Waals surface area contributed by atoms with E-state index in [1.807, 2.05) is 0 Å². The molecule has 1 N–H and O–H groups in total. The van der Waals surface area contributed by atoms with Crippen LogP contribution in [0.1, 0.15) is 5.56 Å². The van der Waals surface area contributed by atoms with Crippen molar-refractivity contribution in [2.24, 2.45) is 0 Å². The summed E-state index contributed by atoms with van der Waals surface area (Å²) < 4.78 is 38.0. The van der Waals surface area contributed by atoms with Gasteiger partial charge in [0.2, 0.25) is 11.7 Å². The van der Waals surface area contributed by atoms with E-state index < -0.39 is 11.7 Å². The minimum absolute atomic E-state index is 0.0163. The third-order valence-electron chi connectivity index (χ3n) is 2.63. The summed E-state index contributed by atoms with van der Waals surface area (Å²) in [5.74, 6) is -0.337. The molecule has 0 atom stereocenters. The number of rotatable bonds is 5. The molecule has 2 aromatic rings. The van der Waals surface area contributed by atoms with E-state index in [-0.39, 0.29) is 23.8 Å². The third-order valence-corrected chi connectivity index (χ3v) is 2.63. The number of nitrogens with zero attached hydrogens (tertiary/aromatic N) is 4. The van der Waals surface area contributed by atoms with Gasteiger partial charge in [0.25, 0.3) is 0 Å². The van der Waals surface area contributed by atoms with Crippen molar-refractivity contribution in [1.29, 1.82) is 0 Å². The molecule has 0 saturated carbocycles. The normalized spacial score (nSPS) is 11.2. The zero-order valence-electron chi connectivity index (χ0n) is 11.3. The summed E-state index contributed by atoms with van der Waals surface area (Å²) in [6, 6.07) is 4.58. The van der Waals surface area contributed by atoms with Crippen LogP contribution in [0.3, 0.4) is 0 Å². The van der Waals surface area contributed by atoms with E-state index in [1.165, 1.54) is 18.2 Å². The molecule has 2 rings (SSSR count). The van der Waals surface area contributed by atoms with Gasteiger partial charge >= 0.3 is 6.18 Å². The number of tetrazole rings is 1. The monoisotopic (exact) mass is 311 g/mol. The lowest BCUT2D eigenvalue weighted by atomic mass is 10.1. The molecule has 1 aromatic carbocycles. The SMILES string of the molecule is C=CCNC(=O)Cn1nnc(-c2cccc(C(F)(F)F)c2)n1. The lowest BCUT2D eigenvalue weighted by Gasteiger charge is -2.06. The van der Waals surface area contributed by atoms with E-state index in [4.69, 9.17) is 0 Å². The second-order valence-electron chi connectivity index (χ2n) is 4.31. The second-order valence-corrected chi connectivity index (χ2v) is 4.31. The van der Waals surface area contributed by atoms with Crippen molar-refractivity contribution in [3.8, 4) is 11.4 Å². The first kappa shape index (κ1) is 15.7. The molecule has 0 saturated heterocycles. The third kappa shape index (κ3) is 3.90. The van der Waals surface area contributed by atoms with Crippen molar-refractivity contribution in [2.45, 2.75) is 12.7 Å². The zero-order valence-corrected chi connectivity index (χ0v) is 11.3. The average Bonchev–Trinajstić information content (AvgIpc) is 2.93. The number of amides is 1. The Morgan fingerprint density at radius 1 is 1.41 bits per heavy atom. The largest absolute Gasteiger partial charge is 0.416 e. The molecule has 22 heavy (non-hydrogen) atoms. The highest BCUT2D eigenvalue weighted by Crippen LogP contribution is 2.31. The van der Waals surface area contributed by atoms with Crippen molar-refractivity contribution in [3.63, 3.8) is 0 Å². The molecule has 1 heterocycles. The molecule has 0 aliphatic carbocycles. The van der Waals surface area contributed by atoms with Gasteiger partial charge in [-0.15, -0.1) is 16.8 Å². The van der Waals surface area contributed by atoms with Crippen molar-refractivity contribution < 1.29 is 18.0 Å². The van der Waals surface area contributed by atoms with E-state index in [1.54, 1.807) is 0 Å². The molecule has 0 radical (unpaired) electrons. The Labute approximate surface area is 123 Å². The van der Waals surface area contributed by atoms with Crippen LogP contribution in [0.4, 0.5) is 13.2 Å². The molecule has 116 valence electrons. The Kier molecular flexibility index (Phi) is 4.54. The molecule has 0 aliphatic heterocycles. The van der Waals surface area contributed by atoms with Gasteiger partial charge in [0, 0.05) is 12.1 Å². The molecule has 0 unspecified atom stereocenters. The lowest BCUT2D eigenvalue weighted by molar-refractivity contribution is -0.137. The van der Waals surface area contributed by atoms with Gasteiger partial charge in [-0.05, 0) is 17.3 Å². The molecular weight excluding hydrogens is 299 g/mol. The van der Waals surface area contributed by atoms with Gasteiger partial charge in [-0.2, -0.15) is 18.0 Å². The summed E-state index contributed by atoms with van der Waals surface area (Å²) in [5, 5.41) is 13.7. The fraction of sp³-hybridized carbons (Fsp3) is 0.231. The molecule has 1 amide bonds. The number of hydrogen-bond acceptors (Lipinski definition) is 4. The van der Waals surface area contributed by atoms with E-state index in [0.717, 1.165) is 16.9 Å². The zero-order chi connectivity index (χ0) is 16.2. The van der Waals surface area contributed by atoms with Crippen LogP contribution in [0.5, 0.6) is 0 Å². The highest BCUT2D eigenvalue weighted by Gasteiger charge is 2.30. The van der Waals surface area contributed by atoms with Crippen LogP contribution in [0.25, 0.3) is 11.4 Å². The van der Waals surface area contributed by atoms with Gasteiger partial charge in [0.05, 0.1) is 5.56 Å². The van der Waals surface area contributed by atoms with Gasteiger partial charge in [-0.1, -0.05) is 18.2 Å². The van der Waals surface area contributed by atoms with Gasteiger partial charge < -0.3 is 5.32 Å². The average molecular weight is 311 g/mol. The summed E-state index contributed by atoms with van der Waals surface area (Å²) in [5.41, 5.74) is -0.627. The number of benzene rings is 1. The van der Waals surface area contributed by atoms with Crippen molar-refractivity contribution >= 4 is 5.91 Å². The van der Waals surface area contributed by atoms with Gasteiger partial charge in [-0.3, -0.25) is 4.79 Å². The van der Waals surface area contributed by atoms with Crippen molar-refractivity contribution in [2.75, 3.05) is 6.54 Å². The lowest BCUT2D eigenvalue weighted by Crippen LogP contribution is -2.28. The molecule has 1 aromatic heterocycles. The molecule has 0 fully saturated rings. The number of carbonyl (C=O) groups excluding carboxylic acids is 1. The van der Waals surface area contributed by atoms with E-state index in [2.05, 4.69) is 27.3 Å². The van der Waals surface area contributed by atoms with Crippen LogP contribution in [-0.2, 0) is 17.5 Å². The fourth-order valence-electron chi connectivity index (χ4n) is 1.63. The Morgan fingerprint density at radius 3 is 2.86 bits per heavy atom. The quantitative estimate of drug-likeness (QED) is 0.852. The molecule has 0 aliphatic rings. The summed E-state index contributed by atoms with van der Waals surface area (Å²) in [4.78, 5) is 12.5. The van der Waals surface area contributed by atoms with Crippen LogP contribution in [0.2, 0.25) is 0 Å². The number of hydrogen-bond donors (Lipinski definition) is 1. The minimum atomic E-state index is -4.45. The number of alkyl halides is 3. The topological polar surface area (TPSA) is 72.7 Å². The predicted octanol–water partition coefficient (Wildman–Crippen LogP) is 1.66. The van der Waals surface area contributed by atoms with Crippen LogP contribution in [0, 0.1) is 0 Å². The summed E-state index contributed by atoms with van der Waals surface area (Å²) in [7, 11) is 0. The van der Waals surface area contributed by atoms with Crippen molar-refractivity contribution in [1.82, 2.24) is 25.5 Å². The number of halogens is 3. The number of carbonyl (C=O) groups is 1. The van der Waals surface area contributed by atoms with Crippen molar-refractivity contribution in [3.05, 3.63) is 42.5 Å². The first-order valence-electron chi connectivity index (χ1n) is 6.23. The standard InChI is InChI=1S/C13H12F3N5O/c1-2-6-17-11(22)8-21-19-12(18-20-21)9-4-3-5-10(7-9)13(14,15)16/h2-5,7H,1,6,8H2,(H,17,22). The highest BCUT2D eigenvalue weighted by atomic mass is 19.4. The summed E-state index contributed by atoms with van der Waals surface area (Å²) in [6.45, 7) is 3.57. The molecule has 6 nitrogen and oxygen atoms in total. The Balaban J connectivity index is 2.14. The highest BCUT2D eigenvalue weighted by molar-refractivity contribution is 5.75. The van der Waals surface area contributed by atoms with E-state index in [9.17, 15) is 18.0 Å². The first-order valence-corrected chi connectivity index (χ1v) is 6.23. The Hall–Kier alpha value is -2.71. The van der Waals surface area contributed by atoms with E-state index >= 15 is 0 Å². The number of aromatic nitrogens is 4. The van der Waals surface area contributed by atoms with Crippen LogP contribution >= 0.6 is 0 Å². The smallest absolute Gasteiger partial charge is 0.351 e. The van der Waals surface area contributed by atoms with Crippen LogP contribution in [-0.4, -0.2) is 32.7 Å². The molecule has 0 spiro atoms. The maximum absolute atomic E-state index is 12.7. The maximum atomic E-state index is 12.7. The van der Waals surface area contributed by atoms with Crippen LogP contribution < -0.4 is 5.32 Å².